The van der Waals surface area contributed by atoms with Crippen molar-refractivity contribution in [2.75, 3.05) is 23.7 Å². The second-order valence-electron chi connectivity index (χ2n) is 7.25. The topological polar surface area (TPSA) is 74.3 Å². The molecule has 2 N–H and O–H groups in total. The van der Waals surface area contributed by atoms with Gasteiger partial charge in [-0.2, -0.15) is 0 Å². The molecular weight excluding hydrogens is 396 g/mol. The number of carbonyl (C=O) groups excluding carboxylic acids is 2. The van der Waals surface area contributed by atoms with E-state index in [1.165, 1.54) is 18.9 Å². The number of thiazole rings is 1. The molecule has 0 unspecified atom stereocenters. The van der Waals surface area contributed by atoms with Crippen LogP contribution in [0.2, 0.25) is 0 Å². The van der Waals surface area contributed by atoms with Crippen molar-refractivity contribution in [1.29, 1.82) is 0 Å². The van der Waals surface area contributed by atoms with Gasteiger partial charge in [0.2, 0.25) is 5.91 Å². The number of hydrogen-bond acceptors (Lipinski definition) is 4. The zero-order valence-electron chi connectivity index (χ0n) is 16.6. The van der Waals surface area contributed by atoms with Crippen LogP contribution in [0.4, 0.5) is 16.2 Å². The first kappa shape index (κ1) is 20.1. The minimum absolute atomic E-state index is 0.0625. The van der Waals surface area contributed by atoms with Crippen molar-refractivity contribution in [3.8, 4) is 0 Å². The molecule has 0 atom stereocenters. The first-order chi connectivity index (χ1) is 14.7. The van der Waals surface area contributed by atoms with Gasteiger partial charge >= 0.3 is 6.03 Å². The number of hydrogen-bond donors (Lipinski definition) is 2. The molecule has 7 heteroatoms. The van der Waals surface area contributed by atoms with Crippen LogP contribution in [0.15, 0.2) is 54.6 Å². The summed E-state index contributed by atoms with van der Waals surface area (Å²) < 4.78 is 1.09. The number of likely N-dealkylation sites (tertiary alicyclic amines) is 1. The number of carbonyl (C=O) groups is 2. The highest BCUT2D eigenvalue weighted by Gasteiger charge is 2.15. The van der Waals surface area contributed by atoms with Crippen LogP contribution in [-0.2, 0) is 4.79 Å². The third kappa shape index (κ3) is 5.24. The Kier molecular flexibility index (Phi) is 6.39. The first-order valence-electron chi connectivity index (χ1n) is 10.2. The Morgan fingerprint density at radius 3 is 2.27 bits per heavy atom. The number of urea groups is 1. The van der Waals surface area contributed by atoms with Crippen molar-refractivity contribution < 1.29 is 9.59 Å². The molecule has 0 radical (unpaired) electrons. The van der Waals surface area contributed by atoms with Crippen LogP contribution in [-0.4, -0.2) is 34.9 Å². The Morgan fingerprint density at radius 2 is 1.57 bits per heavy atom. The van der Waals surface area contributed by atoms with Crippen molar-refractivity contribution in [3.05, 3.63) is 59.6 Å². The van der Waals surface area contributed by atoms with Crippen molar-refractivity contribution in [2.45, 2.75) is 25.7 Å². The smallest absolute Gasteiger partial charge is 0.321 e. The summed E-state index contributed by atoms with van der Waals surface area (Å²) in [6.45, 7) is 1.61. The van der Waals surface area contributed by atoms with E-state index in [9.17, 15) is 9.59 Å². The Balaban J connectivity index is 1.31. The van der Waals surface area contributed by atoms with E-state index < -0.39 is 0 Å². The van der Waals surface area contributed by atoms with Gasteiger partial charge in [-0.15, -0.1) is 11.3 Å². The number of nitrogens with one attached hydrogen (secondary N) is 2. The number of fused-ring (bicyclic) bond motifs is 1. The van der Waals surface area contributed by atoms with Crippen LogP contribution in [0, 0.1) is 0 Å². The maximum absolute atomic E-state index is 12.4. The fourth-order valence-electron chi connectivity index (χ4n) is 3.41. The molecule has 0 saturated carbocycles. The number of para-hydroxylation sites is 1. The average Bonchev–Trinajstić information content (AvgIpc) is 2.97. The highest BCUT2D eigenvalue weighted by atomic mass is 32.1. The summed E-state index contributed by atoms with van der Waals surface area (Å²) in [4.78, 5) is 31.0. The molecule has 1 saturated heterocycles. The van der Waals surface area contributed by atoms with Gasteiger partial charge in [-0.3, -0.25) is 4.79 Å². The zero-order valence-corrected chi connectivity index (χ0v) is 17.5. The van der Waals surface area contributed by atoms with Gasteiger partial charge in [0, 0.05) is 30.5 Å². The quantitative estimate of drug-likeness (QED) is 0.558. The average molecular weight is 421 g/mol. The van der Waals surface area contributed by atoms with Crippen molar-refractivity contribution >= 4 is 50.9 Å². The lowest BCUT2D eigenvalue weighted by Gasteiger charge is -2.20. The predicted molar refractivity (Wildman–Crippen MR) is 123 cm³/mol. The molecule has 4 rings (SSSR count). The largest absolute Gasteiger partial charge is 0.325 e. The Hall–Kier alpha value is -3.19. The first-order valence-corrected chi connectivity index (χ1v) is 11.0. The molecule has 30 heavy (non-hydrogen) atoms. The van der Waals surface area contributed by atoms with Gasteiger partial charge < -0.3 is 15.5 Å². The lowest BCUT2D eigenvalue weighted by Crippen LogP contribution is -2.35. The number of amides is 3. The number of nitrogens with zero attached hydrogens (tertiary/aromatic N) is 2. The van der Waals surface area contributed by atoms with E-state index in [2.05, 4.69) is 15.6 Å². The van der Waals surface area contributed by atoms with Crippen LogP contribution >= 0.6 is 11.3 Å². The summed E-state index contributed by atoms with van der Waals surface area (Å²) >= 11 is 1.54. The maximum Gasteiger partial charge on any atom is 0.321 e. The molecule has 1 aliphatic heterocycles. The highest BCUT2D eigenvalue weighted by Crippen LogP contribution is 2.22. The van der Waals surface area contributed by atoms with Crippen LogP contribution in [0.3, 0.4) is 0 Å². The van der Waals surface area contributed by atoms with Crippen LogP contribution < -0.4 is 10.6 Å². The SMILES string of the molecule is O=C(/C=C/c1nc2ccccc2s1)Nc1ccc(NC(=O)N2CCCCCC2)cc1. The molecule has 0 spiro atoms. The molecule has 3 aromatic rings. The summed E-state index contributed by atoms with van der Waals surface area (Å²) in [5, 5.41) is 6.55. The Bertz CT molecular complexity index is 1020. The van der Waals surface area contributed by atoms with Crippen LogP contribution in [0.5, 0.6) is 0 Å². The third-order valence-corrected chi connectivity index (χ3v) is 5.99. The summed E-state index contributed by atoms with van der Waals surface area (Å²) in [5.74, 6) is -0.226. The summed E-state index contributed by atoms with van der Waals surface area (Å²) in [6.07, 6.45) is 7.69. The molecule has 1 aromatic heterocycles. The molecule has 154 valence electrons. The fourth-order valence-corrected chi connectivity index (χ4v) is 4.28. The lowest BCUT2D eigenvalue weighted by atomic mass is 10.2. The molecule has 0 aliphatic carbocycles. The van der Waals surface area contributed by atoms with E-state index in [0.717, 1.165) is 41.2 Å². The number of rotatable bonds is 4. The minimum atomic E-state index is -0.226. The summed E-state index contributed by atoms with van der Waals surface area (Å²) in [6, 6.07) is 15.0. The molecular formula is C23H24N4O2S. The third-order valence-electron chi connectivity index (χ3n) is 4.98. The van der Waals surface area contributed by atoms with Gasteiger partial charge in [-0.1, -0.05) is 25.0 Å². The molecule has 0 bridgehead atoms. The molecule has 2 aromatic carbocycles. The monoisotopic (exact) mass is 420 g/mol. The van der Waals surface area contributed by atoms with E-state index in [1.807, 2.05) is 29.2 Å². The Morgan fingerprint density at radius 1 is 0.900 bits per heavy atom. The van der Waals surface area contributed by atoms with E-state index in [4.69, 9.17) is 0 Å². The fraction of sp³-hybridized carbons (Fsp3) is 0.261. The summed E-state index contributed by atoms with van der Waals surface area (Å²) in [5.41, 5.74) is 2.31. The second-order valence-corrected chi connectivity index (χ2v) is 8.31. The number of aromatic nitrogens is 1. The van der Waals surface area contributed by atoms with E-state index in [0.29, 0.717) is 11.4 Å². The predicted octanol–water partition coefficient (Wildman–Crippen LogP) is 5.36. The number of benzene rings is 2. The molecule has 1 fully saturated rings. The zero-order chi connectivity index (χ0) is 20.8. The normalized spacial score (nSPS) is 14.6. The van der Waals surface area contributed by atoms with E-state index in [-0.39, 0.29) is 11.9 Å². The van der Waals surface area contributed by atoms with Gasteiger partial charge in [0.1, 0.15) is 5.01 Å². The molecule has 1 aliphatic rings. The van der Waals surface area contributed by atoms with Crippen molar-refractivity contribution in [1.82, 2.24) is 9.88 Å². The van der Waals surface area contributed by atoms with Gasteiger partial charge in [0.15, 0.2) is 0 Å². The van der Waals surface area contributed by atoms with Crippen LogP contribution in [0.25, 0.3) is 16.3 Å². The Labute approximate surface area is 179 Å². The molecule has 3 amide bonds. The maximum atomic E-state index is 12.4. The van der Waals surface area contributed by atoms with Gasteiger partial charge in [-0.25, -0.2) is 9.78 Å². The molecule has 2 heterocycles. The standard InChI is InChI=1S/C23H24N4O2S/c28-21(13-14-22-26-19-7-3-4-8-20(19)30-22)24-17-9-11-18(12-10-17)25-23(29)27-15-5-1-2-6-16-27/h3-4,7-14H,1-2,5-6,15-16H2,(H,24,28)(H,25,29)/b14-13+. The van der Waals surface area contributed by atoms with Gasteiger partial charge in [-0.05, 0) is 55.3 Å². The number of anilines is 2. The second kappa shape index (κ2) is 9.54. The van der Waals surface area contributed by atoms with Crippen molar-refractivity contribution in [2.24, 2.45) is 0 Å². The minimum Gasteiger partial charge on any atom is -0.325 e. The highest BCUT2D eigenvalue weighted by molar-refractivity contribution is 7.19. The van der Waals surface area contributed by atoms with E-state index in [1.54, 1.807) is 41.7 Å². The van der Waals surface area contributed by atoms with E-state index >= 15 is 0 Å². The van der Waals surface area contributed by atoms with Crippen LogP contribution in [0.1, 0.15) is 30.7 Å². The summed E-state index contributed by atoms with van der Waals surface area (Å²) in [7, 11) is 0. The lowest BCUT2D eigenvalue weighted by molar-refractivity contribution is -0.111. The van der Waals surface area contributed by atoms with Crippen molar-refractivity contribution in [3.63, 3.8) is 0 Å². The van der Waals surface area contributed by atoms with Gasteiger partial charge in [0.25, 0.3) is 0 Å². The molecule has 6 nitrogen and oxygen atoms in total. The van der Waals surface area contributed by atoms with Gasteiger partial charge in [0.05, 0.1) is 10.2 Å².